The summed E-state index contributed by atoms with van der Waals surface area (Å²) in [6.07, 6.45) is 3.10. The number of likely N-dealkylation sites (tertiary alicyclic amines) is 1. The average Bonchev–Trinajstić information content (AvgIpc) is 2.47. The van der Waals surface area contributed by atoms with Crippen molar-refractivity contribution in [1.82, 2.24) is 4.90 Å². The first kappa shape index (κ1) is 15.9. The van der Waals surface area contributed by atoms with Gasteiger partial charge in [-0.15, -0.1) is 0 Å². The number of nitrogens with zero attached hydrogens (tertiary/aromatic N) is 1. The van der Waals surface area contributed by atoms with Crippen molar-refractivity contribution in [3.63, 3.8) is 0 Å². The topological polar surface area (TPSA) is 49.8 Å². The number of carboxylic acid groups (broad SMARTS) is 1. The van der Waals surface area contributed by atoms with E-state index < -0.39 is 5.97 Å². The van der Waals surface area contributed by atoms with Crippen LogP contribution < -0.4 is 4.74 Å². The summed E-state index contributed by atoms with van der Waals surface area (Å²) >= 11 is 6.19. The largest absolute Gasteiger partial charge is 0.488 e. The summed E-state index contributed by atoms with van der Waals surface area (Å²) < 4.78 is 5.44. The maximum Gasteiger partial charge on any atom is 0.306 e. The van der Waals surface area contributed by atoms with Crippen molar-refractivity contribution in [3.8, 4) is 5.75 Å². The molecule has 1 aliphatic heterocycles. The average molecular weight is 310 g/mol. The zero-order chi connectivity index (χ0) is 15.2. The molecule has 2 rings (SSSR count). The third-order valence-corrected chi connectivity index (χ3v) is 3.99. The van der Waals surface area contributed by atoms with Crippen LogP contribution in [0.4, 0.5) is 0 Å². The van der Waals surface area contributed by atoms with Crippen molar-refractivity contribution in [2.75, 3.05) is 19.7 Å². The number of piperidine rings is 1. The highest BCUT2D eigenvalue weighted by molar-refractivity contribution is 6.32. The van der Waals surface area contributed by atoms with Gasteiger partial charge in [0, 0.05) is 6.54 Å². The quantitative estimate of drug-likeness (QED) is 0.820. The van der Waals surface area contributed by atoms with Gasteiger partial charge in [-0.3, -0.25) is 9.69 Å². The van der Waals surface area contributed by atoms with Crippen LogP contribution in [0, 0.1) is 5.92 Å². The van der Waals surface area contributed by atoms with E-state index in [-0.39, 0.29) is 5.92 Å². The summed E-state index contributed by atoms with van der Waals surface area (Å²) in [6.45, 7) is 6.44. The Bertz CT molecular complexity index is 510. The summed E-state index contributed by atoms with van der Waals surface area (Å²) in [4.78, 5) is 13.2. The first-order valence-corrected chi connectivity index (χ1v) is 7.45. The van der Waals surface area contributed by atoms with E-state index in [1.54, 1.807) is 6.08 Å². The molecule has 1 saturated heterocycles. The molecule has 1 aliphatic rings. The lowest BCUT2D eigenvalue weighted by molar-refractivity contribution is -0.143. The lowest BCUT2D eigenvalue weighted by atomic mass is 9.97. The van der Waals surface area contributed by atoms with Crippen molar-refractivity contribution in [2.24, 2.45) is 5.92 Å². The molecule has 0 atom stereocenters. The summed E-state index contributed by atoms with van der Waals surface area (Å²) in [5, 5.41) is 9.59. The highest BCUT2D eigenvalue weighted by Gasteiger charge is 2.24. The maximum atomic E-state index is 10.9. The van der Waals surface area contributed by atoms with Gasteiger partial charge in [-0.2, -0.15) is 0 Å². The van der Waals surface area contributed by atoms with Crippen LogP contribution in [0.3, 0.4) is 0 Å². The Balaban J connectivity index is 1.90. The monoisotopic (exact) mass is 309 g/mol. The summed E-state index contributed by atoms with van der Waals surface area (Å²) in [5.74, 6) is -0.217. The number of hydrogen-bond donors (Lipinski definition) is 1. The molecule has 114 valence electrons. The fourth-order valence-electron chi connectivity index (χ4n) is 2.50. The zero-order valence-corrected chi connectivity index (χ0v) is 12.7. The molecule has 1 heterocycles. The molecule has 0 amide bonds. The lowest BCUT2D eigenvalue weighted by Gasteiger charge is -2.30. The molecule has 0 aromatic heterocycles. The second kappa shape index (κ2) is 7.48. The van der Waals surface area contributed by atoms with E-state index in [1.165, 1.54) is 0 Å². The van der Waals surface area contributed by atoms with Gasteiger partial charge in [-0.05, 0) is 43.6 Å². The smallest absolute Gasteiger partial charge is 0.306 e. The van der Waals surface area contributed by atoms with Crippen LogP contribution in [0.1, 0.15) is 18.4 Å². The van der Waals surface area contributed by atoms with Crippen LogP contribution >= 0.6 is 11.6 Å². The number of aliphatic carboxylic acids is 1. The van der Waals surface area contributed by atoms with Gasteiger partial charge in [0.25, 0.3) is 0 Å². The predicted octanol–water partition coefficient (Wildman–Crippen LogP) is 3.20. The second-order valence-corrected chi connectivity index (χ2v) is 5.66. The Hall–Kier alpha value is -1.52. The van der Waals surface area contributed by atoms with E-state index in [2.05, 4.69) is 11.5 Å². The molecule has 0 spiro atoms. The SMILES string of the molecule is C=CCOc1ccc(CN2CCC(C(=O)O)CC2)cc1Cl. The minimum Gasteiger partial charge on any atom is -0.488 e. The number of rotatable bonds is 6. The number of halogens is 1. The molecule has 0 bridgehead atoms. The summed E-state index contributed by atoms with van der Waals surface area (Å²) in [5.41, 5.74) is 1.11. The van der Waals surface area contributed by atoms with Gasteiger partial charge in [0.15, 0.2) is 0 Å². The van der Waals surface area contributed by atoms with Gasteiger partial charge in [0.1, 0.15) is 12.4 Å². The number of carbonyl (C=O) groups is 1. The normalized spacial score (nSPS) is 16.6. The van der Waals surface area contributed by atoms with Gasteiger partial charge in [-0.1, -0.05) is 30.3 Å². The van der Waals surface area contributed by atoms with Crippen LogP contribution in [0.25, 0.3) is 0 Å². The maximum absolute atomic E-state index is 10.9. The molecular formula is C16H20ClNO3. The Labute approximate surface area is 130 Å². The van der Waals surface area contributed by atoms with Crippen molar-refractivity contribution >= 4 is 17.6 Å². The Morgan fingerprint density at radius 3 is 2.76 bits per heavy atom. The Kier molecular flexibility index (Phi) is 5.65. The fourth-order valence-corrected chi connectivity index (χ4v) is 2.76. The molecule has 1 N–H and O–H groups in total. The van der Waals surface area contributed by atoms with E-state index >= 15 is 0 Å². The molecule has 0 saturated carbocycles. The van der Waals surface area contributed by atoms with Crippen LogP contribution in [0.2, 0.25) is 5.02 Å². The minimum atomic E-state index is -0.679. The standard InChI is InChI=1S/C16H20ClNO3/c1-2-9-21-15-4-3-12(10-14(15)17)11-18-7-5-13(6-8-18)16(19)20/h2-4,10,13H,1,5-9,11H2,(H,19,20). The molecule has 1 aromatic carbocycles. The number of ether oxygens (including phenoxy) is 1. The molecule has 5 heteroatoms. The molecule has 1 fully saturated rings. The number of carboxylic acids is 1. The Morgan fingerprint density at radius 2 is 2.19 bits per heavy atom. The second-order valence-electron chi connectivity index (χ2n) is 5.25. The first-order valence-electron chi connectivity index (χ1n) is 7.07. The summed E-state index contributed by atoms with van der Waals surface area (Å²) in [7, 11) is 0. The number of hydrogen-bond acceptors (Lipinski definition) is 3. The minimum absolute atomic E-state index is 0.195. The molecule has 21 heavy (non-hydrogen) atoms. The van der Waals surface area contributed by atoms with E-state index in [9.17, 15) is 4.79 Å². The van der Waals surface area contributed by atoms with Crippen LogP contribution in [0.5, 0.6) is 5.75 Å². The number of benzene rings is 1. The molecule has 0 unspecified atom stereocenters. The van der Waals surface area contributed by atoms with E-state index in [4.69, 9.17) is 21.4 Å². The third-order valence-electron chi connectivity index (χ3n) is 3.70. The molecule has 0 radical (unpaired) electrons. The van der Waals surface area contributed by atoms with E-state index in [0.717, 1.165) is 25.2 Å². The Morgan fingerprint density at radius 1 is 1.48 bits per heavy atom. The van der Waals surface area contributed by atoms with Gasteiger partial charge >= 0.3 is 5.97 Å². The van der Waals surface area contributed by atoms with Crippen molar-refractivity contribution in [1.29, 1.82) is 0 Å². The van der Waals surface area contributed by atoms with Gasteiger partial charge in [-0.25, -0.2) is 0 Å². The molecule has 0 aliphatic carbocycles. The van der Waals surface area contributed by atoms with Crippen molar-refractivity contribution in [2.45, 2.75) is 19.4 Å². The fraction of sp³-hybridized carbons (Fsp3) is 0.438. The van der Waals surface area contributed by atoms with Crippen LogP contribution in [-0.4, -0.2) is 35.7 Å². The van der Waals surface area contributed by atoms with Gasteiger partial charge < -0.3 is 9.84 Å². The van der Waals surface area contributed by atoms with E-state index in [1.807, 2.05) is 18.2 Å². The summed E-state index contributed by atoms with van der Waals surface area (Å²) in [6, 6.07) is 5.77. The van der Waals surface area contributed by atoms with E-state index in [0.29, 0.717) is 30.2 Å². The molecule has 1 aromatic rings. The predicted molar refractivity (Wildman–Crippen MR) is 82.8 cm³/mol. The van der Waals surface area contributed by atoms with Crippen LogP contribution in [0.15, 0.2) is 30.9 Å². The highest BCUT2D eigenvalue weighted by Crippen LogP contribution is 2.27. The third kappa shape index (κ3) is 4.48. The molecular weight excluding hydrogens is 290 g/mol. The van der Waals surface area contributed by atoms with Gasteiger partial charge in [0.2, 0.25) is 0 Å². The molecule has 4 nitrogen and oxygen atoms in total. The lowest BCUT2D eigenvalue weighted by Crippen LogP contribution is -2.35. The van der Waals surface area contributed by atoms with Crippen molar-refractivity contribution in [3.05, 3.63) is 41.4 Å². The van der Waals surface area contributed by atoms with Crippen molar-refractivity contribution < 1.29 is 14.6 Å². The zero-order valence-electron chi connectivity index (χ0n) is 11.9. The van der Waals surface area contributed by atoms with Gasteiger partial charge in [0.05, 0.1) is 10.9 Å². The highest BCUT2D eigenvalue weighted by atomic mass is 35.5. The first-order chi connectivity index (χ1) is 10.1. The van der Waals surface area contributed by atoms with Crippen LogP contribution in [-0.2, 0) is 11.3 Å².